The summed E-state index contributed by atoms with van der Waals surface area (Å²) in [5.74, 6) is -2.13. The molecule has 1 atom stereocenters. The van der Waals surface area contributed by atoms with Crippen molar-refractivity contribution >= 4 is 40.6 Å². The molecule has 1 unspecified atom stereocenters. The average molecular weight is 450 g/mol. The molecule has 0 aliphatic carbocycles. The van der Waals surface area contributed by atoms with Gasteiger partial charge in [-0.2, -0.15) is 4.98 Å². The smallest absolute Gasteiger partial charge is 0.273 e. The third-order valence-electron chi connectivity index (χ3n) is 4.96. The summed E-state index contributed by atoms with van der Waals surface area (Å²) in [4.78, 5) is 55.3. The third-order valence-corrected chi connectivity index (χ3v) is 4.96. The van der Waals surface area contributed by atoms with Crippen LogP contribution >= 0.6 is 0 Å². The summed E-state index contributed by atoms with van der Waals surface area (Å²) in [5.41, 5.74) is 0.0295. The van der Waals surface area contributed by atoms with Crippen molar-refractivity contribution in [1.29, 1.82) is 0 Å². The molecule has 1 aromatic heterocycles. The lowest BCUT2D eigenvalue weighted by molar-refractivity contribution is -0.384. The van der Waals surface area contributed by atoms with Crippen molar-refractivity contribution in [3.8, 4) is 5.75 Å². The highest BCUT2D eigenvalue weighted by molar-refractivity contribution is 6.05. The van der Waals surface area contributed by atoms with Crippen LogP contribution in [0.15, 0.2) is 53.3 Å². The van der Waals surface area contributed by atoms with Crippen molar-refractivity contribution in [3.05, 3.63) is 74.6 Å². The first-order chi connectivity index (χ1) is 15.9. The molecule has 4 rings (SSSR count). The summed E-state index contributed by atoms with van der Waals surface area (Å²) in [5, 5.41) is 19.0. The van der Waals surface area contributed by atoms with Crippen LogP contribution in [0, 0.1) is 10.1 Å². The van der Waals surface area contributed by atoms with Gasteiger partial charge in [0.1, 0.15) is 11.6 Å². The maximum Gasteiger partial charge on any atom is 0.273 e. The average Bonchev–Trinajstić information content (AvgIpc) is 2.79. The molecule has 0 radical (unpaired) electrons. The third kappa shape index (κ3) is 4.49. The molecule has 12 heteroatoms. The number of rotatable bonds is 6. The molecular formula is C21H18N6O6. The van der Waals surface area contributed by atoms with E-state index in [9.17, 15) is 24.5 Å². The first-order valence-electron chi connectivity index (χ1n) is 9.75. The van der Waals surface area contributed by atoms with Crippen LogP contribution in [0.3, 0.4) is 0 Å². The van der Waals surface area contributed by atoms with E-state index >= 15 is 0 Å². The van der Waals surface area contributed by atoms with Gasteiger partial charge in [0, 0.05) is 18.2 Å². The van der Waals surface area contributed by atoms with Gasteiger partial charge in [-0.1, -0.05) is 18.2 Å². The summed E-state index contributed by atoms with van der Waals surface area (Å²) >= 11 is 0. The molecule has 0 bridgehead atoms. The molecular weight excluding hydrogens is 432 g/mol. The number of para-hydroxylation sites is 1. The van der Waals surface area contributed by atoms with Gasteiger partial charge in [-0.15, -0.1) is 0 Å². The number of anilines is 4. The maximum absolute atomic E-state index is 13.0. The van der Waals surface area contributed by atoms with Gasteiger partial charge in [0.15, 0.2) is 0 Å². The molecule has 0 spiro atoms. The van der Waals surface area contributed by atoms with E-state index in [4.69, 9.17) is 4.74 Å². The van der Waals surface area contributed by atoms with Crippen LogP contribution < -0.4 is 26.2 Å². The number of non-ortho nitro benzene ring substituents is 1. The quantitative estimate of drug-likeness (QED) is 0.328. The molecule has 2 aromatic carbocycles. The number of fused-ring (bicyclic) bond motifs is 1. The van der Waals surface area contributed by atoms with Crippen molar-refractivity contribution in [2.24, 2.45) is 0 Å². The minimum absolute atomic E-state index is 0.00610. The van der Waals surface area contributed by atoms with Crippen molar-refractivity contribution < 1.29 is 19.2 Å². The van der Waals surface area contributed by atoms with E-state index in [0.717, 1.165) is 6.07 Å². The highest BCUT2D eigenvalue weighted by Crippen LogP contribution is 2.33. The molecule has 12 nitrogen and oxygen atoms in total. The zero-order valence-electron chi connectivity index (χ0n) is 17.2. The Morgan fingerprint density at radius 3 is 2.67 bits per heavy atom. The molecule has 2 amide bonds. The number of carbonyl (C=O) groups is 2. The topological polar surface area (TPSA) is 168 Å². The number of hydrogen-bond acceptors (Lipinski definition) is 8. The first kappa shape index (κ1) is 21.5. The summed E-state index contributed by atoms with van der Waals surface area (Å²) in [6, 6.07) is 12.6. The van der Waals surface area contributed by atoms with Gasteiger partial charge < -0.3 is 20.7 Å². The zero-order chi connectivity index (χ0) is 23.5. The summed E-state index contributed by atoms with van der Waals surface area (Å²) < 4.78 is 5.12. The minimum atomic E-state index is -1.13. The normalized spacial score (nSPS) is 14.6. The van der Waals surface area contributed by atoms with Crippen molar-refractivity contribution in [2.75, 3.05) is 23.1 Å². The number of nitrogens with zero attached hydrogens (tertiary/aromatic N) is 2. The maximum atomic E-state index is 13.0. The second-order valence-corrected chi connectivity index (χ2v) is 7.10. The highest BCUT2D eigenvalue weighted by Gasteiger charge is 2.35. The van der Waals surface area contributed by atoms with Crippen LogP contribution in [0.1, 0.15) is 17.9 Å². The van der Waals surface area contributed by atoms with Crippen molar-refractivity contribution in [2.45, 2.75) is 12.3 Å². The van der Waals surface area contributed by atoms with Crippen molar-refractivity contribution in [3.63, 3.8) is 0 Å². The number of amides is 2. The predicted octanol–water partition coefficient (Wildman–Crippen LogP) is 2.49. The van der Waals surface area contributed by atoms with Gasteiger partial charge in [-0.05, 0) is 18.2 Å². The Balaban J connectivity index is 1.64. The Morgan fingerprint density at radius 1 is 1.21 bits per heavy atom. The Labute approximate surface area is 186 Å². The van der Waals surface area contributed by atoms with E-state index in [1.54, 1.807) is 24.3 Å². The molecule has 0 saturated carbocycles. The number of ether oxygens (including phenoxy) is 1. The molecule has 1 aliphatic rings. The second-order valence-electron chi connectivity index (χ2n) is 7.10. The standard InChI is InChI=1S/C21H18N6O6/c1-33-15-9-12(27(31)32)7-8-14(15)23-19(29)13-10-16(28)24-18-17(13)20(30)26-21(25-18)22-11-5-3-2-4-6-11/h2-9,13H,10H2,1H3,(H,23,29)(H3,22,24,25,26,28,30). The minimum Gasteiger partial charge on any atom is -0.494 e. The van der Waals surface area contributed by atoms with Crippen LogP contribution in [0.4, 0.5) is 28.8 Å². The number of nitro benzene ring substituents is 1. The number of aromatic amines is 1. The Morgan fingerprint density at radius 2 is 1.97 bits per heavy atom. The Bertz CT molecular complexity index is 1310. The van der Waals surface area contributed by atoms with Crippen LogP contribution in [-0.4, -0.2) is 33.8 Å². The number of methoxy groups -OCH3 is 1. The van der Waals surface area contributed by atoms with Gasteiger partial charge in [0.2, 0.25) is 17.8 Å². The number of hydrogen-bond donors (Lipinski definition) is 4. The lowest BCUT2D eigenvalue weighted by Crippen LogP contribution is -2.36. The number of carbonyl (C=O) groups excluding carboxylic acids is 2. The molecule has 1 aliphatic heterocycles. The largest absolute Gasteiger partial charge is 0.494 e. The monoisotopic (exact) mass is 450 g/mol. The van der Waals surface area contributed by atoms with E-state index in [1.807, 2.05) is 6.07 Å². The summed E-state index contributed by atoms with van der Waals surface area (Å²) in [6.45, 7) is 0. The lowest BCUT2D eigenvalue weighted by Gasteiger charge is -2.24. The number of H-pyrrole nitrogens is 1. The fraction of sp³-hybridized carbons (Fsp3) is 0.143. The fourth-order valence-electron chi connectivity index (χ4n) is 3.43. The number of nitro groups is 1. The van der Waals surface area contributed by atoms with E-state index in [1.165, 1.54) is 19.2 Å². The molecule has 33 heavy (non-hydrogen) atoms. The molecule has 2 heterocycles. The number of nitrogens with one attached hydrogen (secondary N) is 4. The summed E-state index contributed by atoms with van der Waals surface area (Å²) in [7, 11) is 1.30. The Kier molecular flexibility index (Phi) is 5.72. The number of benzene rings is 2. The summed E-state index contributed by atoms with van der Waals surface area (Å²) in [6.07, 6.45) is -0.273. The lowest BCUT2D eigenvalue weighted by atomic mass is 9.92. The molecule has 4 N–H and O–H groups in total. The first-order valence-corrected chi connectivity index (χ1v) is 9.75. The zero-order valence-corrected chi connectivity index (χ0v) is 17.2. The van der Waals surface area contributed by atoms with Gasteiger partial charge in [0.05, 0.1) is 35.3 Å². The van der Waals surface area contributed by atoms with E-state index in [0.29, 0.717) is 5.69 Å². The van der Waals surface area contributed by atoms with Gasteiger partial charge >= 0.3 is 0 Å². The Hall–Kier alpha value is -4.74. The van der Waals surface area contributed by atoms with E-state index in [-0.39, 0.29) is 40.9 Å². The second kappa shape index (κ2) is 8.78. The molecule has 0 saturated heterocycles. The fourth-order valence-corrected chi connectivity index (χ4v) is 3.43. The van der Waals surface area contributed by atoms with Gasteiger partial charge in [0.25, 0.3) is 11.2 Å². The predicted molar refractivity (Wildman–Crippen MR) is 119 cm³/mol. The van der Waals surface area contributed by atoms with Crippen molar-refractivity contribution in [1.82, 2.24) is 9.97 Å². The van der Waals surface area contributed by atoms with Crippen LogP contribution in [0.5, 0.6) is 5.75 Å². The van der Waals surface area contributed by atoms with Gasteiger partial charge in [-0.3, -0.25) is 29.5 Å². The highest BCUT2D eigenvalue weighted by atomic mass is 16.6. The van der Waals surface area contributed by atoms with Gasteiger partial charge in [-0.25, -0.2) is 0 Å². The van der Waals surface area contributed by atoms with Crippen LogP contribution in [-0.2, 0) is 9.59 Å². The molecule has 168 valence electrons. The number of aromatic nitrogens is 2. The SMILES string of the molecule is COc1cc([N+](=O)[O-])ccc1NC(=O)C1CC(=O)Nc2nc(Nc3ccccc3)[nH]c(=O)c21. The van der Waals surface area contributed by atoms with E-state index in [2.05, 4.69) is 25.9 Å². The molecule has 3 aromatic rings. The van der Waals surface area contributed by atoms with Crippen LogP contribution in [0.2, 0.25) is 0 Å². The van der Waals surface area contributed by atoms with E-state index < -0.39 is 28.2 Å². The molecule has 0 fully saturated rings. The van der Waals surface area contributed by atoms with Crippen LogP contribution in [0.25, 0.3) is 0 Å².